The van der Waals surface area contributed by atoms with Crippen molar-refractivity contribution in [1.29, 1.82) is 0 Å². The predicted molar refractivity (Wildman–Crippen MR) is 137 cm³/mol. The summed E-state index contributed by atoms with van der Waals surface area (Å²) in [5, 5.41) is 0.679. The van der Waals surface area contributed by atoms with E-state index in [4.69, 9.17) is 9.97 Å². The second kappa shape index (κ2) is 9.12. The Morgan fingerprint density at radius 3 is 1.32 bits per heavy atom. The molecule has 0 saturated carbocycles. The maximum absolute atomic E-state index is 15.0. The summed E-state index contributed by atoms with van der Waals surface area (Å²) in [7, 11) is -3.37. The van der Waals surface area contributed by atoms with E-state index in [1.54, 1.807) is 0 Å². The third kappa shape index (κ3) is 4.18. The molecule has 0 radical (unpaired) electrons. The minimum Gasteiger partial charge on any atom is -0.305 e. The lowest BCUT2D eigenvalue weighted by Crippen LogP contribution is -2.29. The van der Waals surface area contributed by atoms with Crippen LogP contribution < -0.4 is 16.2 Å². The Kier molecular flexibility index (Phi) is 5.87. The van der Waals surface area contributed by atoms with Crippen molar-refractivity contribution in [1.82, 2.24) is 19.9 Å². The van der Waals surface area contributed by atoms with E-state index < -0.39 is 7.14 Å². The summed E-state index contributed by atoms with van der Waals surface area (Å²) in [5.41, 5.74) is 5.58. The molecule has 0 amide bonds. The molecule has 0 saturated heterocycles. The summed E-state index contributed by atoms with van der Waals surface area (Å²) >= 11 is 0. The number of hydrogen-bond acceptors (Lipinski definition) is 5. The van der Waals surface area contributed by atoms with Crippen LogP contribution in [0, 0.1) is 13.8 Å². The Hall–Kier alpha value is -3.95. The van der Waals surface area contributed by atoms with Gasteiger partial charge in [0, 0.05) is 16.7 Å². The Morgan fingerprint density at radius 1 is 0.471 bits per heavy atom. The van der Waals surface area contributed by atoms with Gasteiger partial charge in [0.2, 0.25) is 7.14 Å². The smallest absolute Gasteiger partial charge is 0.206 e. The van der Waals surface area contributed by atoms with Crippen molar-refractivity contribution in [3.63, 3.8) is 0 Å². The minimum atomic E-state index is -3.37. The van der Waals surface area contributed by atoms with E-state index in [0.29, 0.717) is 27.6 Å². The number of nitrogens with zero attached hydrogens (tertiary/aromatic N) is 4. The Labute approximate surface area is 199 Å². The third-order valence-electron chi connectivity index (χ3n) is 5.54. The lowest BCUT2D eigenvalue weighted by molar-refractivity contribution is 0.591. The molecule has 6 heteroatoms. The Balaban J connectivity index is 1.70. The lowest BCUT2D eigenvalue weighted by Gasteiger charge is -2.19. The predicted octanol–water partition coefficient (Wildman–Crippen LogP) is 4.86. The van der Waals surface area contributed by atoms with Crippen LogP contribution in [-0.4, -0.2) is 19.9 Å². The number of rotatable bonds is 5. The number of benzene rings is 1. The quantitative estimate of drug-likeness (QED) is 0.349. The van der Waals surface area contributed by atoms with E-state index >= 15 is 0 Å². The highest BCUT2D eigenvalue weighted by Crippen LogP contribution is 2.41. The van der Waals surface area contributed by atoms with Crippen molar-refractivity contribution in [3.8, 4) is 22.8 Å². The minimum absolute atomic E-state index is 0.473. The van der Waals surface area contributed by atoms with Crippen LogP contribution in [0.15, 0.2) is 103 Å². The number of pyridine rings is 4. The van der Waals surface area contributed by atoms with Crippen molar-refractivity contribution < 1.29 is 4.57 Å². The molecule has 34 heavy (non-hydrogen) atoms. The van der Waals surface area contributed by atoms with Gasteiger partial charge in [0.25, 0.3) is 0 Å². The first-order valence-corrected chi connectivity index (χ1v) is 12.7. The fraction of sp³-hybridized carbons (Fsp3) is 0.0714. The SMILES string of the molecule is Cc1cccc(-c2cccc(P(=O)(c3ccccc3)c3cccc(-c4cccc(C)n4)n3)n2)n1. The van der Waals surface area contributed by atoms with Crippen molar-refractivity contribution in [3.05, 3.63) is 115 Å². The van der Waals surface area contributed by atoms with Crippen molar-refractivity contribution in [2.45, 2.75) is 13.8 Å². The van der Waals surface area contributed by atoms with Crippen LogP contribution in [-0.2, 0) is 4.57 Å². The van der Waals surface area contributed by atoms with Crippen LogP contribution in [0.1, 0.15) is 11.4 Å². The zero-order valence-electron chi connectivity index (χ0n) is 19.0. The number of aryl methyl sites for hydroxylation is 2. The molecule has 5 rings (SSSR count). The molecule has 4 heterocycles. The summed E-state index contributed by atoms with van der Waals surface area (Å²) in [6.07, 6.45) is 0. The molecule has 0 unspecified atom stereocenters. The monoisotopic (exact) mass is 462 g/mol. The normalized spacial score (nSPS) is 11.4. The van der Waals surface area contributed by atoms with E-state index in [-0.39, 0.29) is 0 Å². The largest absolute Gasteiger partial charge is 0.305 e. The average molecular weight is 462 g/mol. The molecule has 0 aliphatic carbocycles. The zero-order valence-corrected chi connectivity index (χ0v) is 19.9. The molecule has 4 aromatic heterocycles. The zero-order chi connectivity index (χ0) is 23.5. The van der Waals surface area contributed by atoms with Crippen LogP contribution >= 0.6 is 7.14 Å². The Bertz CT molecular complexity index is 1430. The molecule has 0 spiro atoms. The molecule has 5 nitrogen and oxygen atoms in total. The van der Waals surface area contributed by atoms with E-state index in [1.807, 2.05) is 117 Å². The van der Waals surface area contributed by atoms with Crippen LogP contribution in [0.3, 0.4) is 0 Å². The summed E-state index contributed by atoms with van der Waals surface area (Å²) in [5.74, 6) is 0. The molecule has 0 aliphatic heterocycles. The maximum Gasteiger partial charge on any atom is 0.206 e. The van der Waals surface area contributed by atoms with Gasteiger partial charge in [0.15, 0.2) is 0 Å². The number of aromatic nitrogens is 4. The molecular weight excluding hydrogens is 439 g/mol. The van der Waals surface area contributed by atoms with E-state index in [1.165, 1.54) is 0 Å². The highest BCUT2D eigenvalue weighted by Gasteiger charge is 2.33. The van der Waals surface area contributed by atoms with Crippen LogP contribution in [0.4, 0.5) is 0 Å². The topological polar surface area (TPSA) is 68.6 Å². The van der Waals surface area contributed by atoms with Crippen LogP contribution in [0.25, 0.3) is 22.8 Å². The first-order valence-electron chi connectivity index (χ1n) is 11.0. The van der Waals surface area contributed by atoms with Gasteiger partial charge in [-0.15, -0.1) is 0 Å². The van der Waals surface area contributed by atoms with Gasteiger partial charge in [-0.1, -0.05) is 54.6 Å². The summed E-state index contributed by atoms with van der Waals surface area (Å²) in [4.78, 5) is 18.9. The maximum atomic E-state index is 15.0. The van der Waals surface area contributed by atoms with Gasteiger partial charge in [-0.05, 0) is 62.4 Å². The van der Waals surface area contributed by atoms with E-state index in [9.17, 15) is 4.57 Å². The first-order chi connectivity index (χ1) is 16.5. The summed E-state index contributed by atoms with van der Waals surface area (Å²) < 4.78 is 15.0. The molecule has 0 aliphatic rings. The molecule has 5 aromatic rings. The number of hydrogen-bond donors (Lipinski definition) is 0. The molecule has 1 aromatic carbocycles. The van der Waals surface area contributed by atoms with Crippen LogP contribution in [0.2, 0.25) is 0 Å². The molecule has 0 fully saturated rings. The average Bonchev–Trinajstić information content (AvgIpc) is 2.89. The van der Waals surface area contributed by atoms with Gasteiger partial charge >= 0.3 is 0 Å². The van der Waals surface area contributed by atoms with Gasteiger partial charge in [-0.3, -0.25) is 9.97 Å². The van der Waals surface area contributed by atoms with Crippen molar-refractivity contribution in [2.75, 3.05) is 0 Å². The summed E-state index contributed by atoms with van der Waals surface area (Å²) in [6.45, 7) is 3.88. The first kappa shape index (κ1) is 21.9. The second-order valence-electron chi connectivity index (χ2n) is 8.04. The third-order valence-corrected chi connectivity index (χ3v) is 8.35. The van der Waals surface area contributed by atoms with E-state index in [2.05, 4.69) is 9.97 Å². The van der Waals surface area contributed by atoms with Crippen molar-refractivity contribution >= 4 is 23.3 Å². The highest BCUT2D eigenvalue weighted by molar-refractivity contribution is 7.84. The molecule has 166 valence electrons. The van der Waals surface area contributed by atoms with Gasteiger partial charge in [0.05, 0.1) is 22.8 Å². The van der Waals surface area contributed by atoms with Gasteiger partial charge in [-0.2, -0.15) is 0 Å². The second-order valence-corrected chi connectivity index (χ2v) is 10.7. The molecule has 0 bridgehead atoms. The van der Waals surface area contributed by atoms with Crippen LogP contribution in [0.5, 0.6) is 0 Å². The van der Waals surface area contributed by atoms with Gasteiger partial charge < -0.3 is 4.57 Å². The molecule has 0 atom stereocenters. The molecule has 0 N–H and O–H groups in total. The van der Waals surface area contributed by atoms with Gasteiger partial charge in [-0.25, -0.2) is 9.97 Å². The fourth-order valence-electron chi connectivity index (χ4n) is 3.87. The van der Waals surface area contributed by atoms with Crippen molar-refractivity contribution in [2.24, 2.45) is 0 Å². The standard InChI is InChI=1S/C28H23N4OP/c1-20-10-6-14-23(29-20)25-16-8-18-27(31-25)34(33,22-12-4-3-5-13-22)28-19-9-17-26(32-28)24-15-7-11-21(2)30-24/h3-19H,1-2H3. The van der Waals surface area contributed by atoms with Gasteiger partial charge in [0.1, 0.15) is 10.9 Å². The fourth-order valence-corrected chi connectivity index (χ4v) is 6.32. The molecular formula is C28H23N4OP. The Morgan fingerprint density at radius 2 is 0.882 bits per heavy atom. The highest BCUT2D eigenvalue weighted by atomic mass is 31.2. The lowest BCUT2D eigenvalue weighted by atomic mass is 10.2. The van der Waals surface area contributed by atoms with E-state index in [0.717, 1.165) is 22.8 Å². The summed E-state index contributed by atoms with van der Waals surface area (Å²) in [6, 6.07) is 32.2.